The number of nitrogens with zero attached hydrogens (tertiary/aromatic N) is 2. The van der Waals surface area contributed by atoms with Crippen molar-refractivity contribution in [2.24, 2.45) is 0 Å². The molecule has 1 N–H and O–H groups in total. The summed E-state index contributed by atoms with van der Waals surface area (Å²) in [5.74, 6) is -1.06. The van der Waals surface area contributed by atoms with E-state index in [0.717, 1.165) is 0 Å². The van der Waals surface area contributed by atoms with Gasteiger partial charge >= 0.3 is 5.97 Å². The van der Waals surface area contributed by atoms with Gasteiger partial charge < -0.3 is 9.52 Å². The van der Waals surface area contributed by atoms with Crippen LogP contribution in [0.15, 0.2) is 29.2 Å². The van der Waals surface area contributed by atoms with Crippen molar-refractivity contribution in [3.05, 3.63) is 41.5 Å². The van der Waals surface area contributed by atoms with Gasteiger partial charge in [0, 0.05) is 24.8 Å². The Balaban J connectivity index is 1.76. The number of pyridine rings is 1. The number of hydrogen-bond acceptors (Lipinski definition) is 5. The molecule has 126 valence electrons. The van der Waals surface area contributed by atoms with Crippen molar-refractivity contribution in [2.45, 2.75) is 31.1 Å². The highest BCUT2D eigenvalue weighted by Crippen LogP contribution is 2.35. The van der Waals surface area contributed by atoms with Gasteiger partial charge in [0.25, 0.3) is 0 Å². The quantitative estimate of drug-likeness (QED) is 0.905. The number of carboxylic acids is 1. The Labute approximate surface area is 139 Å². The molecule has 7 nitrogen and oxygen atoms in total. The summed E-state index contributed by atoms with van der Waals surface area (Å²) in [4.78, 5) is 16.1. The second-order valence-electron chi connectivity index (χ2n) is 6.13. The molecule has 3 heterocycles. The van der Waals surface area contributed by atoms with E-state index in [9.17, 15) is 18.3 Å². The van der Waals surface area contributed by atoms with Gasteiger partial charge in [-0.1, -0.05) is 0 Å². The van der Waals surface area contributed by atoms with Crippen molar-refractivity contribution in [2.75, 3.05) is 6.54 Å². The van der Waals surface area contributed by atoms with Crippen LogP contribution < -0.4 is 0 Å². The second-order valence-corrected chi connectivity index (χ2v) is 8.34. The summed E-state index contributed by atoms with van der Waals surface area (Å²) in [5, 5.41) is 9.37. The zero-order valence-corrected chi connectivity index (χ0v) is 13.6. The minimum atomic E-state index is -3.27. The van der Waals surface area contributed by atoms with Gasteiger partial charge in [-0.3, -0.25) is 4.98 Å². The zero-order valence-electron chi connectivity index (χ0n) is 12.8. The number of sulfonamides is 1. The van der Waals surface area contributed by atoms with E-state index in [1.165, 1.54) is 16.8 Å². The first-order valence-corrected chi connectivity index (χ1v) is 9.24. The average molecular weight is 348 g/mol. The first-order valence-electron chi connectivity index (χ1n) is 7.74. The van der Waals surface area contributed by atoms with Crippen molar-refractivity contribution < 1.29 is 22.7 Å². The summed E-state index contributed by atoms with van der Waals surface area (Å²) in [6.07, 6.45) is 6.29. The van der Waals surface area contributed by atoms with Crippen molar-refractivity contribution in [3.8, 4) is 11.3 Å². The third-order valence-electron chi connectivity index (χ3n) is 4.55. The molecule has 8 heteroatoms. The second kappa shape index (κ2) is 5.42. The fourth-order valence-corrected chi connectivity index (χ4v) is 4.98. The Kier molecular flexibility index (Phi) is 3.47. The Hall–Kier alpha value is -2.19. The molecule has 0 saturated heterocycles. The number of hydrogen-bond donors (Lipinski definition) is 1. The summed E-state index contributed by atoms with van der Waals surface area (Å²) in [5.41, 5.74) is 2.42. The molecule has 0 unspecified atom stereocenters. The SMILES string of the molecule is O=C(O)c1c(-c2ccoc2)ncc2c1CCN(S(=O)(=O)C1CC1)C2. The maximum Gasteiger partial charge on any atom is 0.338 e. The van der Waals surface area contributed by atoms with Crippen LogP contribution in [-0.4, -0.2) is 40.6 Å². The first kappa shape index (κ1) is 15.3. The van der Waals surface area contributed by atoms with Gasteiger partial charge in [0.05, 0.1) is 29.0 Å². The van der Waals surface area contributed by atoms with Crippen LogP contribution in [0, 0.1) is 0 Å². The molecule has 2 aromatic heterocycles. The fourth-order valence-electron chi connectivity index (χ4n) is 3.16. The number of furan rings is 1. The Bertz CT molecular complexity index is 901. The molecule has 0 bridgehead atoms. The van der Waals surface area contributed by atoms with Gasteiger partial charge in [0.1, 0.15) is 0 Å². The lowest BCUT2D eigenvalue weighted by Crippen LogP contribution is -2.38. The van der Waals surface area contributed by atoms with Gasteiger partial charge in [0.15, 0.2) is 0 Å². The first-order chi connectivity index (χ1) is 11.5. The number of rotatable bonds is 4. The molecule has 2 aromatic rings. The van der Waals surface area contributed by atoms with E-state index in [1.807, 2.05) is 0 Å². The van der Waals surface area contributed by atoms with E-state index in [-0.39, 0.29) is 17.4 Å². The topological polar surface area (TPSA) is 101 Å². The third-order valence-corrected chi connectivity index (χ3v) is 6.89. The molecule has 0 atom stereocenters. The molecule has 4 rings (SSSR count). The van der Waals surface area contributed by atoms with Crippen molar-refractivity contribution in [1.29, 1.82) is 0 Å². The van der Waals surface area contributed by atoms with E-state index in [0.29, 0.717) is 48.2 Å². The van der Waals surface area contributed by atoms with E-state index >= 15 is 0 Å². The molecule has 24 heavy (non-hydrogen) atoms. The summed E-state index contributed by atoms with van der Waals surface area (Å²) in [6.45, 7) is 0.494. The number of carboxylic acid groups (broad SMARTS) is 1. The molecule has 1 aliphatic carbocycles. The smallest absolute Gasteiger partial charge is 0.338 e. The maximum absolute atomic E-state index is 12.4. The van der Waals surface area contributed by atoms with E-state index in [2.05, 4.69) is 4.98 Å². The van der Waals surface area contributed by atoms with Crippen LogP contribution >= 0.6 is 0 Å². The number of carbonyl (C=O) groups is 1. The normalized spacial score (nSPS) is 18.3. The highest BCUT2D eigenvalue weighted by Gasteiger charge is 2.41. The lowest BCUT2D eigenvalue weighted by molar-refractivity contribution is 0.0695. The van der Waals surface area contributed by atoms with Crippen LogP contribution in [-0.2, 0) is 23.0 Å². The average Bonchev–Trinajstić information content (AvgIpc) is 3.29. The minimum Gasteiger partial charge on any atom is -0.478 e. The van der Waals surface area contributed by atoms with Crippen LogP contribution in [0.1, 0.15) is 34.3 Å². The van der Waals surface area contributed by atoms with Crippen LogP contribution in [0.4, 0.5) is 0 Å². The molecule has 0 amide bonds. The monoisotopic (exact) mass is 348 g/mol. The van der Waals surface area contributed by atoms with Crippen LogP contribution in [0.2, 0.25) is 0 Å². The molecule has 1 fully saturated rings. The maximum atomic E-state index is 12.4. The van der Waals surface area contributed by atoms with Crippen LogP contribution in [0.25, 0.3) is 11.3 Å². The van der Waals surface area contributed by atoms with Crippen molar-refractivity contribution >= 4 is 16.0 Å². The summed E-state index contributed by atoms with van der Waals surface area (Å²) in [7, 11) is -3.27. The zero-order chi connectivity index (χ0) is 16.9. The number of aromatic carboxylic acids is 1. The summed E-state index contributed by atoms with van der Waals surface area (Å²) >= 11 is 0. The van der Waals surface area contributed by atoms with Gasteiger partial charge in [-0.15, -0.1) is 0 Å². The van der Waals surface area contributed by atoms with Crippen molar-refractivity contribution in [3.63, 3.8) is 0 Å². The Morgan fingerprint density at radius 2 is 2.17 bits per heavy atom. The highest BCUT2D eigenvalue weighted by molar-refractivity contribution is 7.90. The van der Waals surface area contributed by atoms with Crippen LogP contribution in [0.5, 0.6) is 0 Å². The molecule has 1 aliphatic heterocycles. The summed E-state index contributed by atoms with van der Waals surface area (Å²) < 4.78 is 31.3. The highest BCUT2D eigenvalue weighted by atomic mass is 32.2. The van der Waals surface area contributed by atoms with Crippen LogP contribution in [0.3, 0.4) is 0 Å². The predicted molar refractivity (Wildman–Crippen MR) is 85.0 cm³/mol. The van der Waals surface area contributed by atoms with Gasteiger partial charge in [0.2, 0.25) is 10.0 Å². The van der Waals surface area contributed by atoms with Gasteiger partial charge in [-0.05, 0) is 36.5 Å². The lowest BCUT2D eigenvalue weighted by Gasteiger charge is -2.29. The van der Waals surface area contributed by atoms with E-state index in [4.69, 9.17) is 4.42 Å². The van der Waals surface area contributed by atoms with E-state index < -0.39 is 16.0 Å². The van der Waals surface area contributed by atoms with Gasteiger partial charge in [-0.2, -0.15) is 4.31 Å². The summed E-state index contributed by atoms with van der Waals surface area (Å²) in [6, 6.07) is 1.66. The number of aromatic nitrogens is 1. The number of fused-ring (bicyclic) bond motifs is 1. The Morgan fingerprint density at radius 3 is 2.79 bits per heavy atom. The molecular formula is C16H16N2O5S. The van der Waals surface area contributed by atoms with Crippen molar-refractivity contribution in [1.82, 2.24) is 9.29 Å². The fraction of sp³-hybridized carbons (Fsp3) is 0.375. The molecule has 0 aromatic carbocycles. The third kappa shape index (κ3) is 2.42. The van der Waals surface area contributed by atoms with E-state index in [1.54, 1.807) is 12.3 Å². The molecular weight excluding hydrogens is 332 g/mol. The Morgan fingerprint density at radius 1 is 1.38 bits per heavy atom. The molecule has 0 spiro atoms. The molecule has 1 saturated carbocycles. The van der Waals surface area contributed by atoms with Gasteiger partial charge in [-0.25, -0.2) is 13.2 Å². The largest absolute Gasteiger partial charge is 0.478 e. The predicted octanol–water partition coefficient (Wildman–Crippen LogP) is 1.89. The molecule has 0 radical (unpaired) electrons. The standard InChI is InChI=1S/C16H16N2O5S/c19-16(20)14-13-3-5-18(24(21,22)12-1-2-12)8-11(13)7-17-15(14)10-4-6-23-9-10/h4,6-7,9,12H,1-3,5,8H2,(H,19,20). The molecule has 2 aliphatic rings. The minimum absolute atomic E-state index is 0.136. The lowest BCUT2D eigenvalue weighted by atomic mass is 9.94.